The summed E-state index contributed by atoms with van der Waals surface area (Å²) < 4.78 is 25.0. The molecule has 2 saturated heterocycles. The largest absolute Gasteiger partial charge is 0.462 e. The predicted molar refractivity (Wildman–Crippen MR) is 138 cm³/mol. The van der Waals surface area contributed by atoms with Gasteiger partial charge in [0.15, 0.2) is 5.79 Å². The lowest BCUT2D eigenvalue weighted by molar-refractivity contribution is -0.271. The first-order valence-electron chi connectivity index (χ1n) is 14.5. The molecule has 0 amide bonds. The first-order valence-corrected chi connectivity index (χ1v) is 14.5. The van der Waals surface area contributed by atoms with Crippen LogP contribution in [0.15, 0.2) is 23.3 Å². The zero-order valence-electron chi connectivity index (χ0n) is 23.4. The van der Waals surface area contributed by atoms with E-state index in [1.54, 1.807) is 0 Å². The van der Waals surface area contributed by atoms with Gasteiger partial charge in [-0.1, -0.05) is 51.0 Å². The SMILES string of the molecule is CC(=O)O[C@@H]1CC2=CC=C3[C@@H]4C[C@@H]5O[C@]6(CC[C@@H](C)CO6)[C@@H](C)[C@@H]5[C@@]4(C)CC[C@@H]3[C@@]2(C)[C@@H](OC(C)=O)C1. The monoisotopic (exact) mass is 512 g/mol. The third-order valence-corrected chi connectivity index (χ3v) is 11.5. The van der Waals surface area contributed by atoms with Gasteiger partial charge in [0.2, 0.25) is 0 Å². The molecule has 1 spiro atoms. The Morgan fingerprint density at radius 1 is 0.973 bits per heavy atom. The Bertz CT molecular complexity index is 1040. The second-order valence-corrected chi connectivity index (χ2v) is 13.5. The number of esters is 2. The fraction of sp³-hybridized carbons (Fsp3) is 0.806. The van der Waals surface area contributed by atoms with Gasteiger partial charge in [0.25, 0.3) is 0 Å². The van der Waals surface area contributed by atoms with Crippen LogP contribution >= 0.6 is 0 Å². The van der Waals surface area contributed by atoms with E-state index < -0.39 is 5.79 Å². The molecule has 2 aliphatic heterocycles. The Hall–Kier alpha value is -1.66. The van der Waals surface area contributed by atoms with Gasteiger partial charge in [0.05, 0.1) is 12.7 Å². The van der Waals surface area contributed by atoms with Crippen LogP contribution in [0.1, 0.15) is 86.5 Å². The van der Waals surface area contributed by atoms with Gasteiger partial charge >= 0.3 is 11.9 Å². The first kappa shape index (κ1) is 25.6. The lowest BCUT2D eigenvalue weighted by Crippen LogP contribution is -2.54. The van der Waals surface area contributed by atoms with Crippen LogP contribution in [-0.4, -0.2) is 42.6 Å². The lowest BCUT2D eigenvalue weighted by atomic mass is 9.49. The standard InChI is InChI=1S/C31H44O6/c1-17-9-12-31(34-16-17)18(2)28-26(37-31)15-25-23-8-7-21-13-22(35-19(3)32)14-27(36-20(4)33)30(21,6)24(23)10-11-29(25,28)5/h7-8,17-18,22,24-28H,9-16H2,1-6H3/t17-,18+,22-,24+,25+,26+,27+,28+,29+,30+,31-/m1/s1. The van der Waals surface area contributed by atoms with E-state index in [0.717, 1.165) is 32.3 Å². The molecule has 6 heteroatoms. The Balaban J connectivity index is 1.31. The van der Waals surface area contributed by atoms with Crippen molar-refractivity contribution in [2.75, 3.05) is 6.61 Å². The highest BCUT2D eigenvalue weighted by atomic mass is 16.7. The molecule has 6 aliphatic rings. The number of carbonyl (C=O) groups excluding carboxylic acids is 2. The highest BCUT2D eigenvalue weighted by Crippen LogP contribution is 2.70. The van der Waals surface area contributed by atoms with Crippen LogP contribution in [0.2, 0.25) is 0 Å². The van der Waals surface area contributed by atoms with Gasteiger partial charge in [0, 0.05) is 44.4 Å². The van der Waals surface area contributed by atoms with E-state index in [4.69, 9.17) is 18.9 Å². The molecule has 37 heavy (non-hydrogen) atoms. The Morgan fingerprint density at radius 2 is 1.73 bits per heavy atom. The van der Waals surface area contributed by atoms with Gasteiger partial charge in [-0.3, -0.25) is 9.59 Å². The fourth-order valence-electron chi connectivity index (χ4n) is 9.72. The molecular formula is C31H44O6. The zero-order valence-corrected chi connectivity index (χ0v) is 23.4. The molecule has 2 heterocycles. The summed E-state index contributed by atoms with van der Waals surface area (Å²) >= 11 is 0. The second-order valence-electron chi connectivity index (χ2n) is 13.5. The van der Waals surface area contributed by atoms with Crippen LogP contribution in [0.4, 0.5) is 0 Å². The summed E-state index contributed by atoms with van der Waals surface area (Å²) in [5.41, 5.74) is 2.66. The first-order chi connectivity index (χ1) is 17.5. The van der Waals surface area contributed by atoms with Crippen LogP contribution < -0.4 is 0 Å². The van der Waals surface area contributed by atoms with Gasteiger partial charge in [-0.25, -0.2) is 0 Å². The third kappa shape index (κ3) is 3.71. The lowest BCUT2D eigenvalue weighted by Gasteiger charge is -2.57. The van der Waals surface area contributed by atoms with E-state index in [0.29, 0.717) is 42.4 Å². The smallest absolute Gasteiger partial charge is 0.302 e. The average molecular weight is 513 g/mol. The van der Waals surface area contributed by atoms with E-state index >= 15 is 0 Å². The van der Waals surface area contributed by atoms with Crippen molar-refractivity contribution < 1.29 is 28.5 Å². The number of ether oxygens (including phenoxy) is 4. The summed E-state index contributed by atoms with van der Waals surface area (Å²) in [4.78, 5) is 23.9. The van der Waals surface area contributed by atoms with Crippen molar-refractivity contribution in [3.05, 3.63) is 23.3 Å². The summed E-state index contributed by atoms with van der Waals surface area (Å²) in [5.74, 6) is 1.32. The quantitative estimate of drug-likeness (QED) is 0.439. The van der Waals surface area contributed by atoms with E-state index in [1.165, 1.54) is 31.4 Å². The minimum absolute atomic E-state index is 0.177. The van der Waals surface area contributed by atoms with E-state index in [1.807, 2.05) is 0 Å². The highest BCUT2D eigenvalue weighted by molar-refractivity contribution is 5.67. The number of fused-ring (bicyclic) bond motifs is 7. The molecule has 6 rings (SSSR count). The summed E-state index contributed by atoms with van der Waals surface area (Å²) in [6, 6.07) is 0. The maximum absolute atomic E-state index is 12.2. The molecule has 0 radical (unpaired) electrons. The third-order valence-electron chi connectivity index (χ3n) is 11.5. The van der Waals surface area contributed by atoms with Gasteiger partial charge in [-0.2, -0.15) is 0 Å². The second kappa shape index (κ2) is 8.67. The van der Waals surface area contributed by atoms with Crippen molar-refractivity contribution in [2.45, 2.75) is 111 Å². The minimum Gasteiger partial charge on any atom is -0.462 e. The number of allylic oxidation sites excluding steroid dienone is 3. The summed E-state index contributed by atoms with van der Waals surface area (Å²) in [6.45, 7) is 13.2. The molecule has 0 aromatic rings. The van der Waals surface area contributed by atoms with Gasteiger partial charge in [-0.15, -0.1) is 0 Å². The number of rotatable bonds is 2. The van der Waals surface area contributed by atoms with Gasteiger partial charge in [-0.05, 0) is 54.8 Å². The van der Waals surface area contributed by atoms with Crippen molar-refractivity contribution in [1.29, 1.82) is 0 Å². The molecular weight excluding hydrogens is 468 g/mol. The number of hydrogen-bond acceptors (Lipinski definition) is 6. The van der Waals surface area contributed by atoms with Crippen LogP contribution in [0, 0.1) is 40.4 Å². The topological polar surface area (TPSA) is 71.1 Å². The summed E-state index contributed by atoms with van der Waals surface area (Å²) in [5, 5.41) is 0. The van der Waals surface area contributed by atoms with Crippen LogP contribution in [-0.2, 0) is 28.5 Å². The maximum Gasteiger partial charge on any atom is 0.302 e. The molecule has 0 N–H and O–H groups in total. The van der Waals surface area contributed by atoms with E-state index in [-0.39, 0.29) is 41.1 Å². The molecule has 0 bridgehead atoms. The van der Waals surface area contributed by atoms with Crippen molar-refractivity contribution in [1.82, 2.24) is 0 Å². The molecule has 4 aliphatic carbocycles. The van der Waals surface area contributed by atoms with Crippen LogP contribution in [0.25, 0.3) is 0 Å². The average Bonchev–Trinajstić information content (AvgIpc) is 3.26. The van der Waals surface area contributed by atoms with Gasteiger partial charge < -0.3 is 18.9 Å². The van der Waals surface area contributed by atoms with E-state index in [9.17, 15) is 9.59 Å². The molecule has 0 aromatic carbocycles. The van der Waals surface area contributed by atoms with Crippen molar-refractivity contribution in [2.24, 2.45) is 40.4 Å². The molecule has 0 unspecified atom stereocenters. The zero-order chi connectivity index (χ0) is 26.3. The molecule has 0 aromatic heterocycles. The molecule has 6 nitrogen and oxygen atoms in total. The van der Waals surface area contributed by atoms with Crippen molar-refractivity contribution in [3.8, 4) is 0 Å². The number of carbonyl (C=O) groups is 2. The normalized spacial score (nSPS) is 50.2. The van der Waals surface area contributed by atoms with Crippen LogP contribution in [0.3, 0.4) is 0 Å². The molecule has 3 saturated carbocycles. The minimum atomic E-state index is -0.401. The van der Waals surface area contributed by atoms with Gasteiger partial charge in [0.1, 0.15) is 12.2 Å². The van der Waals surface area contributed by atoms with Crippen molar-refractivity contribution in [3.63, 3.8) is 0 Å². The Morgan fingerprint density at radius 3 is 2.41 bits per heavy atom. The highest BCUT2D eigenvalue weighted by Gasteiger charge is 2.68. The maximum atomic E-state index is 12.2. The molecule has 11 atom stereocenters. The summed E-state index contributed by atoms with van der Waals surface area (Å²) in [6.07, 6.45) is 11.0. The molecule has 204 valence electrons. The van der Waals surface area contributed by atoms with Crippen LogP contribution in [0.5, 0.6) is 0 Å². The fourth-order valence-corrected chi connectivity index (χ4v) is 9.72. The predicted octanol–water partition coefficient (Wildman–Crippen LogP) is 5.75. The molecule has 5 fully saturated rings. The Kier molecular flexibility index (Phi) is 6.00. The Labute approximate surface area is 221 Å². The summed E-state index contributed by atoms with van der Waals surface area (Å²) in [7, 11) is 0. The van der Waals surface area contributed by atoms with Crippen molar-refractivity contribution >= 4 is 11.9 Å². The van der Waals surface area contributed by atoms with E-state index in [2.05, 4.69) is 39.8 Å². The number of hydrogen-bond donors (Lipinski definition) is 0.